The number of aryl methyl sites for hydroxylation is 2. The van der Waals surface area contributed by atoms with E-state index in [1.807, 2.05) is 62.1 Å². The Balaban J connectivity index is 1.67. The van der Waals surface area contributed by atoms with Crippen molar-refractivity contribution in [3.8, 4) is 0 Å². The number of fused-ring (bicyclic) bond motifs is 3. The summed E-state index contributed by atoms with van der Waals surface area (Å²) in [5.74, 6) is 1.71. The van der Waals surface area contributed by atoms with Gasteiger partial charge in [-0.25, -0.2) is 4.98 Å². The predicted molar refractivity (Wildman–Crippen MR) is 119 cm³/mol. The molecule has 4 rings (SSSR count). The summed E-state index contributed by atoms with van der Waals surface area (Å²) in [4.78, 5) is 12.2. The summed E-state index contributed by atoms with van der Waals surface area (Å²) < 4.78 is 7.77. The van der Waals surface area contributed by atoms with Gasteiger partial charge in [0.25, 0.3) is 0 Å². The van der Waals surface area contributed by atoms with Crippen molar-refractivity contribution in [1.29, 1.82) is 0 Å². The summed E-state index contributed by atoms with van der Waals surface area (Å²) in [6.07, 6.45) is 9.53. The molecule has 0 saturated carbocycles. The van der Waals surface area contributed by atoms with Gasteiger partial charge in [0.15, 0.2) is 0 Å². The Kier molecular flexibility index (Phi) is 5.16. The van der Waals surface area contributed by atoms with Crippen molar-refractivity contribution in [1.82, 2.24) is 19.5 Å². The number of benzene rings is 1. The van der Waals surface area contributed by atoms with Crippen molar-refractivity contribution in [3.05, 3.63) is 76.8 Å². The zero-order valence-corrected chi connectivity index (χ0v) is 17.7. The Morgan fingerprint density at radius 3 is 2.72 bits per heavy atom. The fourth-order valence-electron chi connectivity index (χ4n) is 3.43. The molecular weight excluding hydrogens is 384 g/mol. The number of pyridine rings is 1. The molecule has 0 aliphatic carbocycles. The van der Waals surface area contributed by atoms with Crippen LogP contribution >= 0.6 is 11.6 Å². The van der Waals surface area contributed by atoms with E-state index in [1.54, 1.807) is 6.20 Å². The number of hydrogen-bond donors (Lipinski definition) is 1. The van der Waals surface area contributed by atoms with Gasteiger partial charge in [-0.1, -0.05) is 17.7 Å². The van der Waals surface area contributed by atoms with Crippen LogP contribution in [0.5, 0.6) is 0 Å². The molecule has 1 N–H and O–H groups in total. The molecule has 148 valence electrons. The fraction of sp³-hybridized carbons (Fsp3) is 0.217. The van der Waals surface area contributed by atoms with Crippen molar-refractivity contribution >= 4 is 39.0 Å². The number of aromatic nitrogens is 4. The smallest absolute Gasteiger partial charge is 0.146 e. The zero-order chi connectivity index (χ0) is 20.5. The number of ether oxygens (including phenoxy) is 1. The van der Waals surface area contributed by atoms with E-state index in [4.69, 9.17) is 16.3 Å². The van der Waals surface area contributed by atoms with E-state index < -0.39 is 0 Å². The van der Waals surface area contributed by atoms with Gasteiger partial charge in [0.05, 0.1) is 22.5 Å². The third-order valence-electron chi connectivity index (χ3n) is 5.13. The summed E-state index contributed by atoms with van der Waals surface area (Å²) >= 11 is 6.44. The average Bonchev–Trinajstić information content (AvgIpc) is 3.28. The maximum absolute atomic E-state index is 6.44. The number of imidazole rings is 1. The van der Waals surface area contributed by atoms with E-state index in [0.29, 0.717) is 11.6 Å². The molecule has 0 amide bonds. The summed E-state index contributed by atoms with van der Waals surface area (Å²) in [6.45, 7) is 6.46. The highest BCUT2D eigenvalue weighted by atomic mass is 35.5. The number of nitrogens with zero attached hydrogens (tertiary/aromatic N) is 3. The molecule has 3 aromatic heterocycles. The third kappa shape index (κ3) is 3.78. The SMILES string of the molecule is C/C(=C\C=C(/C)c1cc(Cl)cc2c1[nH]c1c(C)nccc12)OCc1nccn1C. The molecule has 29 heavy (non-hydrogen) atoms. The molecule has 0 atom stereocenters. The van der Waals surface area contributed by atoms with Crippen LogP contribution in [0.4, 0.5) is 0 Å². The average molecular weight is 407 g/mol. The second-order valence-corrected chi connectivity index (χ2v) is 7.63. The van der Waals surface area contributed by atoms with Crippen molar-refractivity contribution < 1.29 is 4.74 Å². The van der Waals surface area contributed by atoms with E-state index >= 15 is 0 Å². The first-order chi connectivity index (χ1) is 13.9. The standard InChI is InChI=1S/C23H23ClN4O/c1-14(5-6-15(2)29-13-21-26-9-10-28(21)4)19-11-17(24)12-20-18-7-8-25-16(3)22(18)27-23(19)20/h5-12,27H,13H2,1-4H3/b14-5+,15-6+. The highest BCUT2D eigenvalue weighted by molar-refractivity contribution is 6.32. The molecule has 5 nitrogen and oxygen atoms in total. The highest BCUT2D eigenvalue weighted by Crippen LogP contribution is 2.34. The molecule has 0 saturated heterocycles. The number of aromatic amines is 1. The molecule has 0 spiro atoms. The second kappa shape index (κ2) is 7.76. The van der Waals surface area contributed by atoms with E-state index in [0.717, 1.165) is 50.2 Å². The Morgan fingerprint density at radius 1 is 1.14 bits per heavy atom. The molecule has 6 heteroatoms. The molecule has 3 heterocycles. The first-order valence-corrected chi connectivity index (χ1v) is 9.83. The normalized spacial score (nSPS) is 12.9. The first kappa shape index (κ1) is 19.3. The van der Waals surface area contributed by atoms with Crippen molar-refractivity contribution in [3.63, 3.8) is 0 Å². The van der Waals surface area contributed by atoms with Crippen LogP contribution in [0.15, 0.2) is 54.7 Å². The summed E-state index contributed by atoms with van der Waals surface area (Å²) in [5, 5.41) is 2.95. The quantitative estimate of drug-likeness (QED) is 0.330. The summed E-state index contributed by atoms with van der Waals surface area (Å²) in [5.41, 5.74) is 5.24. The van der Waals surface area contributed by atoms with Gasteiger partial charge in [-0.2, -0.15) is 0 Å². The number of nitrogens with one attached hydrogen (secondary N) is 1. The molecule has 0 aliphatic heterocycles. The van der Waals surface area contributed by atoms with Gasteiger partial charge < -0.3 is 14.3 Å². The lowest BCUT2D eigenvalue weighted by atomic mass is 10.0. The third-order valence-corrected chi connectivity index (χ3v) is 5.34. The predicted octanol–water partition coefficient (Wildman–Crippen LogP) is 5.94. The Bertz CT molecular complexity index is 1260. The molecule has 0 radical (unpaired) electrons. The largest absolute Gasteiger partial charge is 0.490 e. The van der Waals surface area contributed by atoms with Crippen LogP contribution in [0.2, 0.25) is 5.02 Å². The minimum Gasteiger partial charge on any atom is -0.490 e. The molecule has 0 bridgehead atoms. The monoisotopic (exact) mass is 406 g/mol. The maximum atomic E-state index is 6.44. The number of H-pyrrole nitrogens is 1. The Labute approximate surface area is 174 Å². The summed E-state index contributed by atoms with van der Waals surface area (Å²) in [7, 11) is 1.96. The lowest BCUT2D eigenvalue weighted by Crippen LogP contribution is -1.99. The number of halogens is 1. The molecule has 0 unspecified atom stereocenters. The van der Waals surface area contributed by atoms with Gasteiger partial charge in [0, 0.05) is 47.0 Å². The minimum absolute atomic E-state index is 0.439. The van der Waals surface area contributed by atoms with Gasteiger partial charge in [-0.3, -0.25) is 4.98 Å². The van der Waals surface area contributed by atoms with Gasteiger partial charge >= 0.3 is 0 Å². The molecule has 1 aromatic carbocycles. The van der Waals surface area contributed by atoms with Gasteiger partial charge in [0.2, 0.25) is 0 Å². The maximum Gasteiger partial charge on any atom is 0.146 e. The zero-order valence-electron chi connectivity index (χ0n) is 17.0. The number of rotatable bonds is 5. The second-order valence-electron chi connectivity index (χ2n) is 7.19. The lowest BCUT2D eigenvalue weighted by molar-refractivity contribution is 0.191. The van der Waals surface area contributed by atoms with Crippen LogP contribution in [0, 0.1) is 6.92 Å². The van der Waals surface area contributed by atoms with Crippen LogP contribution in [-0.2, 0) is 18.4 Å². The summed E-state index contributed by atoms with van der Waals surface area (Å²) in [6, 6.07) is 6.02. The number of allylic oxidation sites excluding steroid dienone is 4. The van der Waals surface area contributed by atoms with E-state index in [1.165, 1.54) is 0 Å². The van der Waals surface area contributed by atoms with E-state index in [2.05, 4.69) is 28.0 Å². The molecule has 0 fully saturated rings. The number of hydrogen-bond acceptors (Lipinski definition) is 3. The van der Waals surface area contributed by atoms with E-state index in [-0.39, 0.29) is 0 Å². The minimum atomic E-state index is 0.439. The van der Waals surface area contributed by atoms with Crippen LogP contribution in [0.3, 0.4) is 0 Å². The van der Waals surface area contributed by atoms with Crippen molar-refractivity contribution in [2.24, 2.45) is 7.05 Å². The van der Waals surface area contributed by atoms with Crippen LogP contribution in [0.25, 0.3) is 27.4 Å². The Morgan fingerprint density at radius 2 is 1.97 bits per heavy atom. The van der Waals surface area contributed by atoms with Crippen LogP contribution in [0.1, 0.15) is 30.9 Å². The van der Waals surface area contributed by atoms with Crippen molar-refractivity contribution in [2.45, 2.75) is 27.4 Å². The van der Waals surface area contributed by atoms with Crippen LogP contribution in [-0.4, -0.2) is 19.5 Å². The Hall–Kier alpha value is -3.05. The topological polar surface area (TPSA) is 55.7 Å². The molecule has 4 aromatic rings. The van der Waals surface area contributed by atoms with Crippen molar-refractivity contribution in [2.75, 3.05) is 0 Å². The fourth-order valence-corrected chi connectivity index (χ4v) is 3.65. The van der Waals surface area contributed by atoms with Gasteiger partial charge in [0.1, 0.15) is 12.4 Å². The lowest BCUT2D eigenvalue weighted by Gasteiger charge is -2.07. The van der Waals surface area contributed by atoms with Gasteiger partial charge in [-0.05, 0) is 50.6 Å². The van der Waals surface area contributed by atoms with E-state index in [9.17, 15) is 0 Å². The molecule has 0 aliphatic rings. The molecular formula is C23H23ClN4O. The highest BCUT2D eigenvalue weighted by Gasteiger charge is 2.12. The van der Waals surface area contributed by atoms with Crippen LogP contribution < -0.4 is 0 Å². The van der Waals surface area contributed by atoms with Gasteiger partial charge in [-0.15, -0.1) is 0 Å². The first-order valence-electron chi connectivity index (χ1n) is 9.45.